The Morgan fingerprint density at radius 3 is 2.84 bits per heavy atom. The lowest BCUT2D eigenvalue weighted by Gasteiger charge is -2.03. The van der Waals surface area contributed by atoms with Gasteiger partial charge in [-0.1, -0.05) is 23.7 Å². The summed E-state index contributed by atoms with van der Waals surface area (Å²) in [6.07, 6.45) is 4.57. The molecular formula is C18H13ClN4O2. The highest BCUT2D eigenvalue weighted by Gasteiger charge is 2.12. The molecular weight excluding hydrogens is 340 g/mol. The smallest absolute Gasteiger partial charge is 0.262 e. The van der Waals surface area contributed by atoms with Gasteiger partial charge in [-0.2, -0.15) is 10.4 Å². The fourth-order valence-electron chi connectivity index (χ4n) is 2.23. The van der Waals surface area contributed by atoms with Crippen LogP contribution in [0.2, 0.25) is 5.02 Å². The van der Waals surface area contributed by atoms with E-state index in [1.54, 1.807) is 30.5 Å². The van der Waals surface area contributed by atoms with Gasteiger partial charge < -0.3 is 9.73 Å². The van der Waals surface area contributed by atoms with Gasteiger partial charge in [0, 0.05) is 16.1 Å². The number of aromatic nitrogens is 2. The molecule has 0 bridgehead atoms. The molecule has 0 saturated heterocycles. The van der Waals surface area contributed by atoms with Crippen molar-refractivity contribution in [3.63, 3.8) is 0 Å². The number of carbonyl (C=O) groups excluding carboxylic acids is 1. The van der Waals surface area contributed by atoms with E-state index in [2.05, 4.69) is 15.5 Å². The van der Waals surface area contributed by atoms with Gasteiger partial charge >= 0.3 is 0 Å². The summed E-state index contributed by atoms with van der Waals surface area (Å²) in [7, 11) is 0. The molecule has 124 valence electrons. The van der Waals surface area contributed by atoms with Crippen molar-refractivity contribution in [2.45, 2.75) is 6.54 Å². The quantitative estimate of drug-likeness (QED) is 0.542. The van der Waals surface area contributed by atoms with Crippen LogP contribution in [0.5, 0.6) is 0 Å². The van der Waals surface area contributed by atoms with Crippen molar-refractivity contribution in [2.75, 3.05) is 0 Å². The zero-order valence-electron chi connectivity index (χ0n) is 13.0. The van der Waals surface area contributed by atoms with Gasteiger partial charge in [0.25, 0.3) is 5.91 Å². The average molecular weight is 353 g/mol. The molecule has 7 heteroatoms. The normalized spacial score (nSPS) is 11.1. The summed E-state index contributed by atoms with van der Waals surface area (Å²) in [5.41, 5.74) is 2.15. The second kappa shape index (κ2) is 7.51. The molecule has 0 aliphatic carbocycles. The van der Waals surface area contributed by atoms with E-state index in [-0.39, 0.29) is 12.1 Å². The number of benzene rings is 1. The topological polar surface area (TPSA) is 94.7 Å². The molecule has 3 rings (SSSR count). The Morgan fingerprint density at radius 1 is 1.36 bits per heavy atom. The highest BCUT2D eigenvalue weighted by Crippen LogP contribution is 2.24. The summed E-state index contributed by atoms with van der Waals surface area (Å²) in [4.78, 5) is 12.2. The lowest BCUT2D eigenvalue weighted by atomic mass is 10.1. The Balaban J connectivity index is 1.81. The molecule has 0 spiro atoms. The van der Waals surface area contributed by atoms with Crippen LogP contribution in [0.3, 0.4) is 0 Å². The Hall–Kier alpha value is -3.30. The van der Waals surface area contributed by atoms with Crippen molar-refractivity contribution < 1.29 is 9.21 Å². The number of carbonyl (C=O) groups is 1. The number of hydrogen-bond donors (Lipinski definition) is 2. The van der Waals surface area contributed by atoms with Crippen LogP contribution < -0.4 is 5.32 Å². The van der Waals surface area contributed by atoms with E-state index in [0.717, 1.165) is 5.56 Å². The van der Waals surface area contributed by atoms with Crippen molar-refractivity contribution in [3.05, 3.63) is 70.8 Å². The maximum atomic E-state index is 12.2. The monoisotopic (exact) mass is 352 g/mol. The first-order chi connectivity index (χ1) is 12.2. The van der Waals surface area contributed by atoms with E-state index in [0.29, 0.717) is 22.0 Å². The number of amides is 1. The van der Waals surface area contributed by atoms with Gasteiger partial charge in [0.1, 0.15) is 17.4 Å². The maximum Gasteiger partial charge on any atom is 0.262 e. The molecule has 0 aliphatic heterocycles. The summed E-state index contributed by atoms with van der Waals surface area (Å²) in [5, 5.41) is 19.4. The number of hydrogen-bond acceptors (Lipinski definition) is 4. The van der Waals surface area contributed by atoms with E-state index in [4.69, 9.17) is 16.0 Å². The molecule has 2 N–H and O–H groups in total. The Kier molecular flexibility index (Phi) is 4.97. The van der Waals surface area contributed by atoms with E-state index >= 15 is 0 Å². The number of nitrogens with one attached hydrogen (secondary N) is 2. The molecule has 2 heterocycles. The average Bonchev–Trinajstić information content (AvgIpc) is 3.30. The minimum atomic E-state index is -0.484. The molecule has 2 aromatic heterocycles. The predicted octanol–water partition coefficient (Wildman–Crippen LogP) is 3.55. The summed E-state index contributed by atoms with van der Waals surface area (Å²) < 4.78 is 5.15. The molecule has 6 nitrogen and oxygen atoms in total. The standard InChI is InChI=1S/C18H13ClN4O2/c19-15-5-3-12(4-6-15)17-14(10-22-23-17)8-13(9-20)18(24)21-11-16-2-1-7-25-16/h1-8,10H,11H2,(H,21,24)(H,22,23)/b13-8-. The molecule has 0 aliphatic rings. The number of halogens is 1. The lowest BCUT2D eigenvalue weighted by Crippen LogP contribution is -2.23. The molecule has 1 amide bonds. The fourth-order valence-corrected chi connectivity index (χ4v) is 2.36. The predicted molar refractivity (Wildman–Crippen MR) is 93.2 cm³/mol. The zero-order chi connectivity index (χ0) is 17.6. The third-order valence-electron chi connectivity index (χ3n) is 3.47. The summed E-state index contributed by atoms with van der Waals surface area (Å²) >= 11 is 5.90. The van der Waals surface area contributed by atoms with Gasteiger partial charge in [0.15, 0.2) is 0 Å². The van der Waals surface area contributed by atoms with E-state index in [1.165, 1.54) is 12.3 Å². The van der Waals surface area contributed by atoms with E-state index in [1.807, 2.05) is 18.2 Å². The van der Waals surface area contributed by atoms with Crippen molar-refractivity contribution in [3.8, 4) is 17.3 Å². The molecule has 3 aromatic rings. The SMILES string of the molecule is N#C/C(=C/c1cn[nH]c1-c1ccc(Cl)cc1)C(=O)NCc1ccco1. The van der Waals surface area contributed by atoms with Crippen molar-refractivity contribution >= 4 is 23.6 Å². The van der Waals surface area contributed by atoms with Gasteiger partial charge in [0.05, 0.1) is 24.7 Å². The number of H-pyrrole nitrogens is 1. The highest BCUT2D eigenvalue weighted by molar-refractivity contribution is 6.30. The highest BCUT2D eigenvalue weighted by atomic mass is 35.5. The molecule has 0 radical (unpaired) electrons. The van der Waals surface area contributed by atoms with Crippen LogP contribution in [0.15, 0.2) is 58.8 Å². The molecule has 0 fully saturated rings. The largest absolute Gasteiger partial charge is 0.467 e. The number of nitriles is 1. The van der Waals surface area contributed by atoms with Crippen LogP contribution in [-0.4, -0.2) is 16.1 Å². The number of furan rings is 1. The van der Waals surface area contributed by atoms with Crippen molar-refractivity contribution in [1.29, 1.82) is 5.26 Å². The van der Waals surface area contributed by atoms with Crippen molar-refractivity contribution in [2.24, 2.45) is 0 Å². The molecule has 0 atom stereocenters. The third kappa shape index (κ3) is 3.97. The molecule has 1 aromatic carbocycles. The van der Waals surface area contributed by atoms with Gasteiger partial charge in [-0.05, 0) is 30.3 Å². The van der Waals surface area contributed by atoms with Crippen LogP contribution in [-0.2, 0) is 11.3 Å². The molecule has 25 heavy (non-hydrogen) atoms. The van der Waals surface area contributed by atoms with E-state index in [9.17, 15) is 10.1 Å². The Bertz CT molecular complexity index is 934. The third-order valence-corrected chi connectivity index (χ3v) is 3.72. The Labute approximate surface area is 148 Å². The van der Waals surface area contributed by atoms with E-state index < -0.39 is 5.91 Å². The van der Waals surface area contributed by atoms with Crippen molar-refractivity contribution in [1.82, 2.24) is 15.5 Å². The van der Waals surface area contributed by atoms with Gasteiger partial charge in [-0.25, -0.2) is 0 Å². The second-order valence-electron chi connectivity index (χ2n) is 5.14. The molecule has 0 unspecified atom stereocenters. The van der Waals surface area contributed by atoms with Gasteiger partial charge in [-0.3, -0.25) is 9.89 Å². The second-order valence-corrected chi connectivity index (χ2v) is 5.58. The van der Waals surface area contributed by atoms with Crippen LogP contribution in [0.4, 0.5) is 0 Å². The minimum Gasteiger partial charge on any atom is -0.467 e. The van der Waals surface area contributed by atoms with Crippen LogP contribution in [0, 0.1) is 11.3 Å². The number of nitrogens with zero attached hydrogens (tertiary/aromatic N) is 2. The minimum absolute atomic E-state index is 0.0248. The van der Waals surface area contributed by atoms with Crippen LogP contribution in [0.1, 0.15) is 11.3 Å². The summed E-state index contributed by atoms with van der Waals surface area (Å²) in [6, 6.07) is 12.6. The molecule has 0 saturated carbocycles. The lowest BCUT2D eigenvalue weighted by molar-refractivity contribution is -0.117. The summed E-state index contributed by atoms with van der Waals surface area (Å²) in [5.74, 6) is 0.123. The first-order valence-corrected chi connectivity index (χ1v) is 7.77. The zero-order valence-corrected chi connectivity index (χ0v) is 13.7. The Morgan fingerprint density at radius 2 is 2.16 bits per heavy atom. The fraction of sp³-hybridized carbons (Fsp3) is 0.0556. The van der Waals surface area contributed by atoms with Gasteiger partial charge in [0.2, 0.25) is 0 Å². The summed E-state index contributed by atoms with van der Waals surface area (Å²) in [6.45, 7) is 0.209. The first kappa shape index (κ1) is 16.6. The van der Waals surface area contributed by atoms with Crippen LogP contribution in [0.25, 0.3) is 17.3 Å². The first-order valence-electron chi connectivity index (χ1n) is 7.39. The number of rotatable bonds is 5. The van der Waals surface area contributed by atoms with Gasteiger partial charge in [-0.15, -0.1) is 0 Å². The number of aromatic amines is 1. The maximum absolute atomic E-state index is 12.2. The van der Waals surface area contributed by atoms with Crippen LogP contribution >= 0.6 is 11.6 Å².